The molecule has 9 heteroatoms. The van der Waals surface area contributed by atoms with Gasteiger partial charge in [0.2, 0.25) is 0 Å². The lowest BCUT2D eigenvalue weighted by Crippen LogP contribution is -2.54. The van der Waals surface area contributed by atoms with Crippen molar-refractivity contribution >= 4 is 36.4 Å². The predicted octanol–water partition coefficient (Wildman–Crippen LogP) is 5.17. The fraction of sp³-hybridized carbons (Fsp3) is 0.321. The molecule has 0 aliphatic carbocycles. The largest absolute Gasteiger partial charge is 0.399 e. The summed E-state index contributed by atoms with van der Waals surface area (Å²) in [7, 11) is 0. The Labute approximate surface area is 228 Å². The second kappa shape index (κ2) is 14.3. The molecule has 37 heavy (non-hydrogen) atoms. The highest BCUT2D eigenvalue weighted by molar-refractivity contribution is 5.94. The molecule has 1 saturated heterocycles. The summed E-state index contributed by atoms with van der Waals surface area (Å²) < 4.78 is 26.9. The van der Waals surface area contributed by atoms with Crippen molar-refractivity contribution in [3.8, 4) is 0 Å². The van der Waals surface area contributed by atoms with Crippen molar-refractivity contribution in [2.75, 3.05) is 25.4 Å². The van der Waals surface area contributed by atoms with E-state index in [4.69, 9.17) is 5.73 Å². The van der Waals surface area contributed by atoms with Gasteiger partial charge >= 0.3 is 0 Å². The van der Waals surface area contributed by atoms with Crippen molar-refractivity contribution in [3.05, 3.63) is 101 Å². The number of nitrogens with zero attached hydrogens (tertiary/aromatic N) is 1. The van der Waals surface area contributed by atoms with Gasteiger partial charge in [-0.2, -0.15) is 0 Å². The van der Waals surface area contributed by atoms with Crippen LogP contribution in [0.3, 0.4) is 0 Å². The molecule has 0 spiro atoms. The number of benzene rings is 3. The van der Waals surface area contributed by atoms with Crippen LogP contribution >= 0.6 is 24.8 Å². The van der Waals surface area contributed by atoms with Gasteiger partial charge in [0.15, 0.2) is 0 Å². The van der Waals surface area contributed by atoms with Crippen molar-refractivity contribution in [1.29, 1.82) is 0 Å². The number of likely N-dealkylation sites (tertiary alicyclic amines) is 1. The molecule has 2 atom stereocenters. The fourth-order valence-electron chi connectivity index (χ4n) is 4.69. The zero-order valence-electron chi connectivity index (χ0n) is 20.4. The fourth-order valence-corrected chi connectivity index (χ4v) is 4.69. The average Bonchev–Trinajstić information content (AvgIpc) is 2.85. The zero-order chi connectivity index (χ0) is 24.8. The Morgan fingerprint density at radius 3 is 2.00 bits per heavy atom. The first-order valence-corrected chi connectivity index (χ1v) is 12.0. The lowest BCUT2D eigenvalue weighted by atomic mass is 9.87. The Kier molecular flexibility index (Phi) is 11.8. The summed E-state index contributed by atoms with van der Waals surface area (Å²) in [5.41, 5.74) is 8.76. The van der Waals surface area contributed by atoms with E-state index in [1.807, 2.05) is 0 Å². The molecule has 1 aliphatic rings. The lowest BCUT2D eigenvalue weighted by molar-refractivity contribution is 0.0373. The van der Waals surface area contributed by atoms with Gasteiger partial charge in [0.1, 0.15) is 11.6 Å². The first-order chi connectivity index (χ1) is 16.9. The number of nitrogen functional groups attached to an aromatic ring is 1. The summed E-state index contributed by atoms with van der Waals surface area (Å²) in [5, 5.41) is 13.6. The van der Waals surface area contributed by atoms with E-state index in [1.165, 1.54) is 24.3 Å². The molecule has 0 bridgehead atoms. The standard InChI is InChI=1S/C28H31F2N3O2.2ClH/c29-22-9-3-19(4-10-22)25(20-5-11-23(30)12-6-20)2-1-16-33-17-15-26(27(34)18-33)32-28(35)21-7-13-24(31)14-8-21;;/h3-14,25-27,34H,1-2,15-18,31H2,(H,32,35);2*1H. The first kappa shape index (κ1) is 30.5. The molecule has 0 radical (unpaired) electrons. The van der Waals surface area contributed by atoms with Gasteiger partial charge < -0.3 is 21.1 Å². The molecular weight excluding hydrogens is 519 g/mol. The van der Waals surface area contributed by atoms with Crippen LogP contribution in [0.15, 0.2) is 72.8 Å². The minimum atomic E-state index is -0.661. The molecule has 3 aromatic rings. The minimum absolute atomic E-state index is 0. The second-order valence-corrected chi connectivity index (χ2v) is 9.16. The number of nitrogens with one attached hydrogen (secondary N) is 1. The molecule has 4 rings (SSSR count). The first-order valence-electron chi connectivity index (χ1n) is 12.0. The van der Waals surface area contributed by atoms with Gasteiger partial charge in [-0.1, -0.05) is 24.3 Å². The highest BCUT2D eigenvalue weighted by atomic mass is 35.5. The Bertz CT molecular complexity index is 1070. The molecule has 200 valence electrons. The third-order valence-corrected chi connectivity index (χ3v) is 6.67. The van der Waals surface area contributed by atoms with Crippen LogP contribution < -0.4 is 11.1 Å². The van der Waals surface area contributed by atoms with E-state index < -0.39 is 6.10 Å². The number of halogens is 4. The number of piperidine rings is 1. The van der Waals surface area contributed by atoms with Crippen molar-refractivity contribution < 1.29 is 18.7 Å². The summed E-state index contributed by atoms with van der Waals surface area (Å²) in [6.45, 7) is 2.03. The van der Waals surface area contributed by atoms with Gasteiger partial charge in [0, 0.05) is 30.3 Å². The Balaban J connectivity index is 0.00000241. The molecule has 3 aromatic carbocycles. The second-order valence-electron chi connectivity index (χ2n) is 9.16. The minimum Gasteiger partial charge on any atom is -0.399 e. The lowest BCUT2D eigenvalue weighted by Gasteiger charge is -2.36. The van der Waals surface area contributed by atoms with Gasteiger partial charge in [-0.3, -0.25) is 4.79 Å². The number of carbonyl (C=O) groups excluding carboxylic acids is 1. The summed E-state index contributed by atoms with van der Waals surface area (Å²) in [6.07, 6.45) is 1.66. The number of β-amino-alcohol motifs (C(OH)–C–C–N with tert-alkyl or cyclic N) is 1. The SMILES string of the molecule is Cl.Cl.Nc1ccc(C(=O)NC2CCN(CCCC(c3ccc(F)cc3)c3ccc(F)cc3)CC2O)cc1. The summed E-state index contributed by atoms with van der Waals surface area (Å²) >= 11 is 0. The number of anilines is 1. The zero-order valence-corrected chi connectivity index (χ0v) is 22.0. The topological polar surface area (TPSA) is 78.6 Å². The number of aliphatic hydroxyl groups excluding tert-OH is 1. The van der Waals surface area contributed by atoms with Crippen LogP contribution in [0.4, 0.5) is 14.5 Å². The Hall–Kier alpha value is -2.71. The van der Waals surface area contributed by atoms with Crippen LogP contribution in [0.25, 0.3) is 0 Å². The van der Waals surface area contributed by atoms with Crippen LogP contribution in [0, 0.1) is 11.6 Å². The molecular formula is C28H33Cl2F2N3O2. The molecule has 5 nitrogen and oxygen atoms in total. The number of amides is 1. The maximum Gasteiger partial charge on any atom is 0.251 e. The van der Waals surface area contributed by atoms with E-state index in [9.17, 15) is 18.7 Å². The summed E-state index contributed by atoms with van der Waals surface area (Å²) in [6, 6.07) is 19.3. The van der Waals surface area contributed by atoms with E-state index in [0.29, 0.717) is 24.2 Å². The molecule has 1 heterocycles. The number of nitrogens with two attached hydrogens (primary N) is 1. The molecule has 1 amide bonds. The van der Waals surface area contributed by atoms with Crippen molar-refractivity contribution in [3.63, 3.8) is 0 Å². The van der Waals surface area contributed by atoms with E-state index >= 15 is 0 Å². The molecule has 0 saturated carbocycles. The van der Waals surface area contributed by atoms with E-state index in [-0.39, 0.29) is 54.3 Å². The molecule has 2 unspecified atom stereocenters. The number of hydrogen-bond donors (Lipinski definition) is 3. The average molecular weight is 552 g/mol. The van der Waals surface area contributed by atoms with Crippen LogP contribution in [0.5, 0.6) is 0 Å². The quantitative estimate of drug-likeness (QED) is 0.337. The van der Waals surface area contributed by atoms with Gasteiger partial charge in [-0.15, -0.1) is 24.8 Å². The molecule has 0 aromatic heterocycles. The van der Waals surface area contributed by atoms with E-state index in [2.05, 4.69) is 10.2 Å². The van der Waals surface area contributed by atoms with E-state index in [1.54, 1.807) is 48.5 Å². The Morgan fingerprint density at radius 1 is 0.946 bits per heavy atom. The molecule has 4 N–H and O–H groups in total. The van der Waals surface area contributed by atoms with Gasteiger partial charge in [0.05, 0.1) is 12.1 Å². The Morgan fingerprint density at radius 2 is 1.49 bits per heavy atom. The third kappa shape index (κ3) is 8.40. The number of hydrogen-bond acceptors (Lipinski definition) is 4. The predicted molar refractivity (Wildman–Crippen MR) is 148 cm³/mol. The molecule has 1 aliphatic heterocycles. The maximum atomic E-state index is 13.4. The normalized spacial score (nSPS) is 17.5. The summed E-state index contributed by atoms with van der Waals surface area (Å²) in [5.74, 6) is -0.763. The van der Waals surface area contributed by atoms with Crippen LogP contribution in [0.2, 0.25) is 0 Å². The number of aliphatic hydroxyl groups is 1. The molecule has 1 fully saturated rings. The highest BCUT2D eigenvalue weighted by Crippen LogP contribution is 2.30. The number of rotatable bonds is 8. The van der Waals surface area contributed by atoms with E-state index in [0.717, 1.165) is 37.1 Å². The van der Waals surface area contributed by atoms with Gasteiger partial charge in [0.25, 0.3) is 5.91 Å². The van der Waals surface area contributed by atoms with Crippen molar-refractivity contribution in [2.45, 2.75) is 37.3 Å². The van der Waals surface area contributed by atoms with Crippen LogP contribution in [-0.4, -0.2) is 47.7 Å². The van der Waals surface area contributed by atoms with Gasteiger partial charge in [-0.25, -0.2) is 8.78 Å². The smallest absolute Gasteiger partial charge is 0.251 e. The van der Waals surface area contributed by atoms with Crippen molar-refractivity contribution in [2.24, 2.45) is 0 Å². The van der Waals surface area contributed by atoms with Crippen LogP contribution in [0.1, 0.15) is 46.7 Å². The number of carbonyl (C=O) groups is 1. The monoisotopic (exact) mass is 551 g/mol. The third-order valence-electron chi connectivity index (χ3n) is 6.67. The van der Waals surface area contributed by atoms with Crippen LogP contribution in [-0.2, 0) is 0 Å². The summed E-state index contributed by atoms with van der Waals surface area (Å²) in [4.78, 5) is 14.7. The van der Waals surface area contributed by atoms with Crippen molar-refractivity contribution in [1.82, 2.24) is 10.2 Å². The highest BCUT2D eigenvalue weighted by Gasteiger charge is 2.29. The van der Waals surface area contributed by atoms with Gasteiger partial charge in [-0.05, 0) is 85.5 Å². The maximum absolute atomic E-state index is 13.4.